The first-order chi connectivity index (χ1) is 13.1. The lowest BCUT2D eigenvalue weighted by molar-refractivity contribution is 0.386. The molecule has 0 N–H and O–H groups in total. The van der Waals surface area contributed by atoms with Crippen LogP contribution in [0.4, 0.5) is 4.39 Å². The van der Waals surface area contributed by atoms with Crippen LogP contribution in [0.15, 0.2) is 42.5 Å². The molecule has 0 spiro atoms. The highest BCUT2D eigenvalue weighted by Crippen LogP contribution is 2.39. The van der Waals surface area contributed by atoms with E-state index in [1.807, 2.05) is 0 Å². The van der Waals surface area contributed by atoms with E-state index in [1.54, 1.807) is 50.2 Å². The van der Waals surface area contributed by atoms with Crippen molar-refractivity contribution in [3.63, 3.8) is 0 Å². The minimum absolute atomic E-state index is 0.267. The van der Waals surface area contributed by atoms with Gasteiger partial charge in [-0.05, 0) is 38.1 Å². The number of halogens is 2. The van der Waals surface area contributed by atoms with Gasteiger partial charge in [-0.3, -0.25) is 0 Å². The standard InChI is InChI=1S/C20H20ClFN2O3S/c1-12-18(11-14-7-5-9-16(22)20(14)23-12)27-17-10-6-8-15(21)19(17)13(2)24(3)28(4,25)26/h5-11,13H,1-4H3. The molecule has 0 aliphatic heterocycles. The molecular weight excluding hydrogens is 403 g/mol. The average Bonchev–Trinajstić information content (AvgIpc) is 2.61. The van der Waals surface area contributed by atoms with Gasteiger partial charge in [-0.1, -0.05) is 29.8 Å². The molecule has 0 aliphatic carbocycles. The van der Waals surface area contributed by atoms with Gasteiger partial charge in [0.05, 0.1) is 18.0 Å². The van der Waals surface area contributed by atoms with Gasteiger partial charge < -0.3 is 4.74 Å². The highest BCUT2D eigenvalue weighted by Gasteiger charge is 2.25. The van der Waals surface area contributed by atoms with Crippen molar-refractivity contribution >= 4 is 32.5 Å². The molecule has 0 bridgehead atoms. The number of ether oxygens (including phenoxy) is 1. The molecule has 0 radical (unpaired) electrons. The number of rotatable bonds is 5. The number of sulfonamides is 1. The molecule has 3 aromatic rings. The van der Waals surface area contributed by atoms with Gasteiger partial charge in [-0.25, -0.2) is 17.8 Å². The molecule has 1 atom stereocenters. The van der Waals surface area contributed by atoms with Crippen molar-refractivity contribution in [1.29, 1.82) is 0 Å². The van der Waals surface area contributed by atoms with E-state index in [9.17, 15) is 12.8 Å². The first-order valence-electron chi connectivity index (χ1n) is 8.54. The first-order valence-corrected chi connectivity index (χ1v) is 10.8. The zero-order chi connectivity index (χ0) is 20.6. The average molecular weight is 423 g/mol. The largest absolute Gasteiger partial charge is 0.455 e. The monoisotopic (exact) mass is 422 g/mol. The van der Waals surface area contributed by atoms with Gasteiger partial charge in [0.25, 0.3) is 0 Å². The Labute approximate surface area is 168 Å². The quantitative estimate of drug-likeness (QED) is 0.575. The topological polar surface area (TPSA) is 59.5 Å². The minimum atomic E-state index is -3.43. The predicted molar refractivity (Wildman–Crippen MR) is 109 cm³/mol. The Morgan fingerprint density at radius 1 is 1.18 bits per heavy atom. The van der Waals surface area contributed by atoms with Crippen LogP contribution in [0, 0.1) is 12.7 Å². The molecule has 0 saturated heterocycles. The summed E-state index contributed by atoms with van der Waals surface area (Å²) in [4.78, 5) is 4.30. The Balaban J connectivity index is 2.08. The lowest BCUT2D eigenvalue weighted by Gasteiger charge is -2.25. The zero-order valence-electron chi connectivity index (χ0n) is 15.9. The molecule has 8 heteroatoms. The number of fused-ring (bicyclic) bond motifs is 1. The summed E-state index contributed by atoms with van der Waals surface area (Å²) in [6, 6.07) is 11.0. The Morgan fingerprint density at radius 3 is 2.54 bits per heavy atom. The lowest BCUT2D eigenvalue weighted by atomic mass is 10.1. The number of benzene rings is 2. The van der Waals surface area contributed by atoms with Crippen LogP contribution < -0.4 is 4.74 Å². The summed E-state index contributed by atoms with van der Waals surface area (Å²) in [5, 5.41) is 0.989. The highest BCUT2D eigenvalue weighted by atomic mass is 35.5. The van der Waals surface area contributed by atoms with Crippen molar-refractivity contribution in [3.05, 3.63) is 64.6 Å². The molecule has 0 aliphatic rings. The van der Waals surface area contributed by atoms with Crippen molar-refractivity contribution in [2.75, 3.05) is 13.3 Å². The Hall–Kier alpha value is -2.22. The van der Waals surface area contributed by atoms with Crippen molar-refractivity contribution in [3.8, 4) is 11.5 Å². The minimum Gasteiger partial charge on any atom is -0.455 e. The summed E-state index contributed by atoms with van der Waals surface area (Å²) >= 11 is 6.37. The zero-order valence-corrected chi connectivity index (χ0v) is 17.5. The van der Waals surface area contributed by atoms with Crippen LogP contribution in [0.2, 0.25) is 5.02 Å². The van der Waals surface area contributed by atoms with E-state index in [-0.39, 0.29) is 5.52 Å². The van der Waals surface area contributed by atoms with Crippen LogP contribution >= 0.6 is 11.6 Å². The fourth-order valence-electron chi connectivity index (χ4n) is 2.94. The molecule has 0 saturated carbocycles. The number of nitrogens with zero attached hydrogens (tertiary/aromatic N) is 2. The van der Waals surface area contributed by atoms with E-state index in [1.165, 1.54) is 17.4 Å². The summed E-state index contributed by atoms with van der Waals surface area (Å²) in [5.41, 5.74) is 1.31. The van der Waals surface area contributed by atoms with Gasteiger partial charge in [0.1, 0.15) is 22.8 Å². The van der Waals surface area contributed by atoms with Crippen molar-refractivity contribution in [2.45, 2.75) is 19.9 Å². The lowest BCUT2D eigenvalue weighted by Crippen LogP contribution is -2.29. The fourth-order valence-corrected chi connectivity index (χ4v) is 3.94. The normalized spacial score (nSPS) is 13.1. The Kier molecular flexibility index (Phi) is 5.61. The molecule has 1 aromatic heterocycles. The summed E-state index contributed by atoms with van der Waals surface area (Å²) < 4.78 is 45.2. The third-order valence-electron chi connectivity index (χ3n) is 4.66. The molecule has 5 nitrogen and oxygen atoms in total. The van der Waals surface area contributed by atoms with Crippen molar-refractivity contribution in [2.24, 2.45) is 0 Å². The molecular formula is C20H20ClFN2O3S. The fraction of sp³-hybridized carbons (Fsp3) is 0.250. The third-order valence-corrected chi connectivity index (χ3v) is 6.35. The Morgan fingerprint density at radius 2 is 1.86 bits per heavy atom. The molecule has 0 amide bonds. The van der Waals surface area contributed by atoms with Gasteiger partial charge in [-0.2, -0.15) is 4.31 Å². The van der Waals surface area contributed by atoms with Gasteiger partial charge >= 0.3 is 0 Å². The van der Waals surface area contributed by atoms with Crippen LogP contribution in [0.25, 0.3) is 10.9 Å². The van der Waals surface area contributed by atoms with Crippen LogP contribution in [-0.2, 0) is 10.0 Å². The number of para-hydroxylation sites is 1. The second-order valence-electron chi connectivity index (χ2n) is 6.59. The van der Waals surface area contributed by atoms with Gasteiger partial charge in [-0.15, -0.1) is 0 Å². The summed E-state index contributed by atoms with van der Waals surface area (Å²) in [5.74, 6) is 0.450. The number of hydrogen-bond donors (Lipinski definition) is 0. The summed E-state index contributed by atoms with van der Waals surface area (Å²) in [7, 11) is -1.95. The first kappa shape index (κ1) is 20.5. The second-order valence-corrected chi connectivity index (χ2v) is 9.04. The summed E-state index contributed by atoms with van der Waals surface area (Å²) in [6.07, 6.45) is 1.13. The highest BCUT2D eigenvalue weighted by molar-refractivity contribution is 7.88. The van der Waals surface area contributed by atoms with E-state index in [0.717, 1.165) is 6.26 Å². The smallest absolute Gasteiger partial charge is 0.211 e. The number of pyridine rings is 1. The van der Waals surface area contributed by atoms with Crippen LogP contribution in [0.3, 0.4) is 0 Å². The number of hydrogen-bond acceptors (Lipinski definition) is 4. The SMILES string of the molecule is Cc1nc2c(F)cccc2cc1Oc1cccc(Cl)c1C(C)N(C)S(C)(=O)=O. The molecule has 1 unspecified atom stereocenters. The molecule has 148 valence electrons. The second kappa shape index (κ2) is 7.66. The van der Waals surface area contributed by atoms with Crippen molar-refractivity contribution < 1.29 is 17.5 Å². The van der Waals surface area contributed by atoms with Crippen LogP contribution in [0.1, 0.15) is 24.2 Å². The number of aromatic nitrogens is 1. The van der Waals surface area contributed by atoms with E-state index < -0.39 is 21.9 Å². The van der Waals surface area contributed by atoms with Crippen LogP contribution in [-0.4, -0.2) is 31.0 Å². The third kappa shape index (κ3) is 3.97. The van der Waals surface area contributed by atoms with E-state index in [0.29, 0.717) is 33.2 Å². The predicted octanol–water partition coefficient (Wildman–Crippen LogP) is 5.08. The molecule has 0 fully saturated rings. The van der Waals surface area contributed by atoms with Gasteiger partial charge in [0.15, 0.2) is 0 Å². The maximum atomic E-state index is 14.0. The number of aryl methyl sites for hydroxylation is 1. The maximum absolute atomic E-state index is 14.0. The van der Waals surface area contributed by atoms with Gasteiger partial charge in [0.2, 0.25) is 10.0 Å². The summed E-state index contributed by atoms with van der Waals surface area (Å²) in [6.45, 7) is 3.45. The molecule has 2 aromatic carbocycles. The van der Waals surface area contributed by atoms with Gasteiger partial charge in [0, 0.05) is 23.0 Å². The Bertz CT molecular complexity index is 1150. The molecule has 1 heterocycles. The van der Waals surface area contributed by atoms with E-state index in [4.69, 9.17) is 16.3 Å². The van der Waals surface area contributed by atoms with Crippen molar-refractivity contribution in [1.82, 2.24) is 9.29 Å². The van der Waals surface area contributed by atoms with E-state index >= 15 is 0 Å². The van der Waals surface area contributed by atoms with E-state index in [2.05, 4.69) is 4.98 Å². The molecule has 3 rings (SSSR count). The van der Waals surface area contributed by atoms with Crippen LogP contribution in [0.5, 0.6) is 11.5 Å². The maximum Gasteiger partial charge on any atom is 0.211 e. The molecule has 28 heavy (non-hydrogen) atoms.